The van der Waals surface area contributed by atoms with Gasteiger partial charge in [0.15, 0.2) is 6.10 Å². The van der Waals surface area contributed by atoms with Crippen molar-refractivity contribution in [2.24, 2.45) is 0 Å². The summed E-state index contributed by atoms with van der Waals surface area (Å²) in [6.07, 6.45) is 5.18. The van der Waals surface area contributed by atoms with Gasteiger partial charge in [-0.2, -0.15) is 0 Å². The number of anilines is 2. The molecule has 6 rings (SSSR count). The van der Waals surface area contributed by atoms with Crippen molar-refractivity contribution in [3.8, 4) is 0 Å². The van der Waals surface area contributed by atoms with Crippen LogP contribution < -0.4 is 10.6 Å². The number of hydrogen-bond donors (Lipinski definition) is 2. The van der Waals surface area contributed by atoms with Gasteiger partial charge in [0.2, 0.25) is 5.95 Å². The van der Waals surface area contributed by atoms with E-state index in [1.54, 1.807) is 0 Å². The minimum atomic E-state index is -0.516. The Balaban J connectivity index is 1.08. The lowest BCUT2D eigenvalue weighted by molar-refractivity contribution is 0.00917. The predicted octanol–water partition coefficient (Wildman–Crippen LogP) is 4.48. The first-order chi connectivity index (χ1) is 16.7. The predicted molar refractivity (Wildman–Crippen MR) is 128 cm³/mol. The van der Waals surface area contributed by atoms with Crippen LogP contribution in [-0.4, -0.2) is 53.6 Å². The molecule has 1 saturated carbocycles. The second-order valence-corrected chi connectivity index (χ2v) is 9.23. The van der Waals surface area contributed by atoms with Gasteiger partial charge in [-0.1, -0.05) is 49.2 Å². The second kappa shape index (κ2) is 9.19. The van der Waals surface area contributed by atoms with E-state index in [9.17, 15) is 4.79 Å². The van der Waals surface area contributed by atoms with Gasteiger partial charge in [0.25, 0.3) is 0 Å². The van der Waals surface area contributed by atoms with Crippen molar-refractivity contribution >= 4 is 28.5 Å². The normalized spacial score (nSPS) is 26.5. The number of amides is 1. The van der Waals surface area contributed by atoms with Crippen molar-refractivity contribution in [1.29, 1.82) is 0 Å². The van der Waals surface area contributed by atoms with E-state index in [0.717, 1.165) is 16.5 Å². The summed E-state index contributed by atoms with van der Waals surface area (Å²) in [5, 5.41) is 8.26. The Hall–Kier alpha value is -3.23. The van der Waals surface area contributed by atoms with Gasteiger partial charge in [-0.15, -0.1) is 0 Å². The number of nitrogens with one attached hydrogen (secondary N) is 2. The molecule has 8 nitrogen and oxygen atoms in total. The molecule has 1 amide bonds. The summed E-state index contributed by atoms with van der Waals surface area (Å²) < 4.78 is 17.7. The van der Waals surface area contributed by atoms with Crippen molar-refractivity contribution in [1.82, 2.24) is 9.97 Å². The Labute approximate surface area is 198 Å². The number of carbonyl (C=O) groups excluding carboxylic acids is 1. The van der Waals surface area contributed by atoms with Gasteiger partial charge >= 0.3 is 6.09 Å². The molecule has 1 aliphatic carbocycles. The van der Waals surface area contributed by atoms with Crippen LogP contribution in [0.1, 0.15) is 37.3 Å². The highest BCUT2D eigenvalue weighted by atomic mass is 16.6. The van der Waals surface area contributed by atoms with Crippen molar-refractivity contribution in [2.75, 3.05) is 23.8 Å². The monoisotopic (exact) mass is 460 g/mol. The molecule has 2 N–H and O–H groups in total. The summed E-state index contributed by atoms with van der Waals surface area (Å²) in [4.78, 5) is 21.8. The first kappa shape index (κ1) is 21.3. The molecule has 0 unspecified atom stereocenters. The number of benzene rings is 2. The number of ether oxygens (including phenoxy) is 3. The number of aromatic nitrogens is 2. The highest BCUT2D eigenvalue weighted by Gasteiger charge is 2.49. The van der Waals surface area contributed by atoms with Crippen LogP contribution in [-0.2, 0) is 14.2 Å². The SMILES string of the molecule is O=C(Nc1cccc2ccccc12)O[C@@H]1CO[C@H]2[C@@H]1OC[C@@H]2Nc1nccc(C2CCCC2)n1. The van der Waals surface area contributed by atoms with E-state index in [0.29, 0.717) is 30.8 Å². The summed E-state index contributed by atoms with van der Waals surface area (Å²) >= 11 is 0. The number of hydrogen-bond acceptors (Lipinski definition) is 7. The molecule has 3 heterocycles. The molecule has 3 fully saturated rings. The molecule has 8 heteroatoms. The molecule has 1 aromatic heterocycles. The summed E-state index contributed by atoms with van der Waals surface area (Å²) in [5.41, 5.74) is 1.81. The fraction of sp³-hybridized carbons (Fsp3) is 0.423. The maximum Gasteiger partial charge on any atom is 0.412 e. The standard InChI is InChI=1S/C26H28N4O4/c31-26(30-20-11-5-9-16-6-3-4-10-18(16)20)34-22-15-33-23-21(14-32-24(22)23)29-25-27-13-12-19(28-25)17-7-1-2-8-17/h3-6,9-13,17,21-24H,1-2,7-8,14-15H2,(H,30,31)(H,27,28,29)/t21-,22+,23+,24+/m0/s1. The van der Waals surface area contributed by atoms with Gasteiger partial charge in [0.05, 0.1) is 24.9 Å². The lowest BCUT2D eigenvalue weighted by Crippen LogP contribution is -2.38. The van der Waals surface area contributed by atoms with E-state index in [4.69, 9.17) is 19.2 Å². The smallest absolute Gasteiger partial charge is 0.412 e. The molecule has 0 radical (unpaired) electrons. The highest BCUT2D eigenvalue weighted by Crippen LogP contribution is 2.34. The molecule has 34 heavy (non-hydrogen) atoms. The first-order valence-electron chi connectivity index (χ1n) is 12.0. The first-order valence-corrected chi connectivity index (χ1v) is 12.0. The Bertz CT molecular complexity index is 1180. The molecule has 4 atom stereocenters. The van der Waals surface area contributed by atoms with Crippen molar-refractivity contribution in [3.63, 3.8) is 0 Å². The van der Waals surface area contributed by atoms with E-state index in [-0.39, 0.29) is 18.2 Å². The molecule has 2 saturated heterocycles. The summed E-state index contributed by atoms with van der Waals surface area (Å²) in [6.45, 7) is 0.733. The van der Waals surface area contributed by atoms with Gasteiger partial charge in [0.1, 0.15) is 12.2 Å². The maximum absolute atomic E-state index is 12.7. The second-order valence-electron chi connectivity index (χ2n) is 9.23. The van der Waals surface area contributed by atoms with Crippen LogP contribution in [0, 0.1) is 0 Å². The van der Waals surface area contributed by atoms with E-state index in [1.807, 2.05) is 54.7 Å². The minimum absolute atomic E-state index is 0.0986. The number of rotatable bonds is 5. The lowest BCUT2D eigenvalue weighted by Gasteiger charge is -2.18. The van der Waals surface area contributed by atoms with Crippen LogP contribution in [0.5, 0.6) is 0 Å². The molecular weight excluding hydrogens is 432 g/mol. The zero-order valence-corrected chi connectivity index (χ0v) is 18.9. The maximum atomic E-state index is 12.7. The van der Waals surface area contributed by atoms with Crippen molar-refractivity contribution in [2.45, 2.75) is 56.0 Å². The van der Waals surface area contributed by atoms with E-state index in [2.05, 4.69) is 15.6 Å². The molecule has 176 valence electrons. The zero-order valence-electron chi connectivity index (χ0n) is 18.9. The van der Waals surface area contributed by atoms with Crippen LogP contribution >= 0.6 is 0 Å². The number of carbonyl (C=O) groups is 1. The van der Waals surface area contributed by atoms with Gasteiger partial charge in [-0.25, -0.2) is 14.8 Å². The summed E-state index contributed by atoms with van der Waals surface area (Å²) in [5.74, 6) is 1.12. The number of nitrogens with zero attached hydrogens (tertiary/aromatic N) is 2. The van der Waals surface area contributed by atoms with Crippen molar-refractivity contribution in [3.05, 3.63) is 60.4 Å². The Morgan fingerprint density at radius 2 is 1.79 bits per heavy atom. The zero-order chi connectivity index (χ0) is 22.9. The molecule has 2 aromatic carbocycles. The topological polar surface area (TPSA) is 94.6 Å². The molecule has 0 spiro atoms. The minimum Gasteiger partial charge on any atom is -0.441 e. The van der Waals surface area contributed by atoms with Gasteiger partial charge < -0.3 is 19.5 Å². The molecule has 3 aliphatic rings. The van der Waals surface area contributed by atoms with Crippen LogP contribution in [0.25, 0.3) is 10.8 Å². The fourth-order valence-electron chi connectivity index (χ4n) is 5.36. The Morgan fingerprint density at radius 1 is 0.971 bits per heavy atom. The fourth-order valence-corrected chi connectivity index (χ4v) is 5.36. The Kier molecular flexibility index (Phi) is 5.76. The van der Waals surface area contributed by atoms with Crippen molar-refractivity contribution < 1.29 is 19.0 Å². The van der Waals surface area contributed by atoms with E-state index in [1.165, 1.54) is 25.7 Å². The van der Waals surface area contributed by atoms with Crippen LogP contribution in [0.2, 0.25) is 0 Å². The van der Waals surface area contributed by atoms with Crippen LogP contribution in [0.4, 0.5) is 16.4 Å². The van der Waals surface area contributed by atoms with Crippen LogP contribution in [0.15, 0.2) is 54.7 Å². The van der Waals surface area contributed by atoms with E-state index >= 15 is 0 Å². The number of fused-ring (bicyclic) bond motifs is 2. The highest BCUT2D eigenvalue weighted by molar-refractivity contribution is 6.00. The average Bonchev–Trinajstić information content (AvgIpc) is 3.60. The average molecular weight is 461 g/mol. The lowest BCUT2D eigenvalue weighted by atomic mass is 10.0. The third kappa shape index (κ3) is 4.19. The van der Waals surface area contributed by atoms with E-state index < -0.39 is 12.2 Å². The Morgan fingerprint density at radius 3 is 2.71 bits per heavy atom. The molecule has 2 aliphatic heterocycles. The third-order valence-corrected chi connectivity index (χ3v) is 7.06. The van der Waals surface area contributed by atoms with Gasteiger partial charge in [0, 0.05) is 23.2 Å². The molecule has 3 aromatic rings. The van der Waals surface area contributed by atoms with Crippen LogP contribution in [0.3, 0.4) is 0 Å². The van der Waals surface area contributed by atoms with Gasteiger partial charge in [-0.3, -0.25) is 5.32 Å². The quantitative estimate of drug-likeness (QED) is 0.580. The third-order valence-electron chi connectivity index (χ3n) is 7.06. The summed E-state index contributed by atoms with van der Waals surface area (Å²) in [7, 11) is 0. The summed E-state index contributed by atoms with van der Waals surface area (Å²) in [6, 6.07) is 15.6. The molecule has 0 bridgehead atoms. The van der Waals surface area contributed by atoms with Gasteiger partial charge in [-0.05, 0) is 30.4 Å². The molecular formula is C26H28N4O4. The largest absolute Gasteiger partial charge is 0.441 e.